The van der Waals surface area contributed by atoms with E-state index in [2.05, 4.69) is 5.32 Å². The SMILES string of the molecule is COc1ccc(NC(=O)C2(c3cccc(Cl)c3)CCCCC2)cc1S(=O)(=O)N(C)C. The first-order valence-electron chi connectivity index (χ1n) is 9.89. The Morgan fingerprint density at radius 1 is 1.10 bits per heavy atom. The van der Waals surface area contributed by atoms with Crippen LogP contribution in [0.2, 0.25) is 5.02 Å². The predicted octanol–water partition coefficient (Wildman–Crippen LogP) is 4.44. The number of carbonyl (C=O) groups excluding carboxylic acids is 1. The molecule has 1 saturated carbocycles. The average molecular weight is 451 g/mol. The molecular weight excluding hydrogens is 424 g/mol. The number of sulfonamides is 1. The Bertz CT molecular complexity index is 1030. The van der Waals surface area contributed by atoms with E-state index in [0.29, 0.717) is 10.7 Å². The highest BCUT2D eigenvalue weighted by Crippen LogP contribution is 2.41. The van der Waals surface area contributed by atoms with Gasteiger partial charge in [-0.15, -0.1) is 0 Å². The summed E-state index contributed by atoms with van der Waals surface area (Å²) in [6.07, 6.45) is 4.42. The molecule has 1 aliphatic carbocycles. The van der Waals surface area contributed by atoms with Crippen LogP contribution in [0.4, 0.5) is 5.69 Å². The fraction of sp³-hybridized carbons (Fsp3) is 0.409. The fourth-order valence-corrected chi connectivity index (χ4v) is 5.26. The van der Waals surface area contributed by atoms with Crippen molar-refractivity contribution in [2.75, 3.05) is 26.5 Å². The quantitative estimate of drug-likeness (QED) is 0.705. The summed E-state index contributed by atoms with van der Waals surface area (Å²) in [5.74, 6) is 0.0757. The van der Waals surface area contributed by atoms with Crippen molar-refractivity contribution in [3.8, 4) is 5.75 Å². The summed E-state index contributed by atoms with van der Waals surface area (Å²) >= 11 is 6.21. The van der Waals surface area contributed by atoms with Crippen molar-refractivity contribution in [1.82, 2.24) is 4.31 Å². The van der Waals surface area contributed by atoms with E-state index in [4.69, 9.17) is 16.3 Å². The van der Waals surface area contributed by atoms with Crippen LogP contribution in [-0.4, -0.2) is 39.8 Å². The van der Waals surface area contributed by atoms with E-state index in [9.17, 15) is 13.2 Å². The molecule has 0 bridgehead atoms. The molecule has 0 heterocycles. The molecule has 1 N–H and O–H groups in total. The second kappa shape index (κ2) is 8.96. The van der Waals surface area contributed by atoms with Crippen LogP contribution in [0.5, 0.6) is 5.75 Å². The molecule has 0 aliphatic heterocycles. The zero-order chi connectivity index (χ0) is 21.9. The molecule has 0 aromatic heterocycles. The maximum atomic E-state index is 13.5. The lowest BCUT2D eigenvalue weighted by molar-refractivity contribution is -0.122. The van der Waals surface area contributed by atoms with Gasteiger partial charge in [0.25, 0.3) is 0 Å². The van der Waals surface area contributed by atoms with Gasteiger partial charge in [-0.25, -0.2) is 12.7 Å². The first kappa shape index (κ1) is 22.6. The summed E-state index contributed by atoms with van der Waals surface area (Å²) in [5, 5.41) is 3.54. The van der Waals surface area contributed by atoms with Crippen molar-refractivity contribution in [2.24, 2.45) is 0 Å². The maximum absolute atomic E-state index is 13.5. The molecule has 8 heteroatoms. The lowest BCUT2D eigenvalue weighted by Gasteiger charge is -2.36. The second-order valence-corrected chi connectivity index (χ2v) is 10.3. The molecule has 30 heavy (non-hydrogen) atoms. The van der Waals surface area contributed by atoms with Crippen LogP contribution in [-0.2, 0) is 20.2 Å². The minimum atomic E-state index is -3.74. The van der Waals surface area contributed by atoms with Gasteiger partial charge in [-0.2, -0.15) is 0 Å². The summed E-state index contributed by atoms with van der Waals surface area (Å²) in [6.45, 7) is 0. The molecule has 0 spiro atoms. The van der Waals surface area contributed by atoms with Crippen LogP contribution in [0.1, 0.15) is 37.7 Å². The first-order valence-corrected chi connectivity index (χ1v) is 11.7. The number of methoxy groups -OCH3 is 1. The van der Waals surface area contributed by atoms with Crippen molar-refractivity contribution in [2.45, 2.75) is 42.4 Å². The van der Waals surface area contributed by atoms with Gasteiger partial charge in [0.05, 0.1) is 12.5 Å². The summed E-state index contributed by atoms with van der Waals surface area (Å²) in [5.41, 5.74) is 0.610. The van der Waals surface area contributed by atoms with Crippen LogP contribution in [0.25, 0.3) is 0 Å². The van der Waals surface area contributed by atoms with E-state index in [1.165, 1.54) is 27.3 Å². The van der Waals surface area contributed by atoms with Crippen LogP contribution < -0.4 is 10.1 Å². The number of hydrogen-bond acceptors (Lipinski definition) is 4. The zero-order valence-corrected chi connectivity index (χ0v) is 19.0. The lowest BCUT2D eigenvalue weighted by Crippen LogP contribution is -2.42. The highest BCUT2D eigenvalue weighted by molar-refractivity contribution is 7.89. The van der Waals surface area contributed by atoms with E-state index in [1.54, 1.807) is 18.2 Å². The molecule has 3 rings (SSSR count). The number of rotatable bonds is 6. The van der Waals surface area contributed by atoms with Gasteiger partial charge in [-0.3, -0.25) is 4.79 Å². The van der Waals surface area contributed by atoms with Gasteiger partial charge in [0, 0.05) is 24.8 Å². The molecule has 6 nitrogen and oxygen atoms in total. The molecule has 0 saturated heterocycles. The van der Waals surface area contributed by atoms with Gasteiger partial charge in [0.2, 0.25) is 15.9 Å². The molecule has 1 amide bonds. The third-order valence-electron chi connectivity index (χ3n) is 5.70. The molecule has 1 fully saturated rings. The van der Waals surface area contributed by atoms with Crippen LogP contribution >= 0.6 is 11.6 Å². The van der Waals surface area contributed by atoms with Gasteiger partial charge in [0.1, 0.15) is 10.6 Å². The van der Waals surface area contributed by atoms with Crippen LogP contribution in [0.15, 0.2) is 47.4 Å². The fourth-order valence-electron chi connectivity index (χ4n) is 3.99. The number of anilines is 1. The smallest absolute Gasteiger partial charge is 0.246 e. The van der Waals surface area contributed by atoms with E-state index in [-0.39, 0.29) is 16.6 Å². The van der Waals surface area contributed by atoms with Gasteiger partial charge < -0.3 is 10.1 Å². The standard InChI is InChI=1S/C22H27ClN2O4S/c1-25(2)30(27,28)20-15-18(10-11-19(20)29-3)24-21(26)22(12-5-4-6-13-22)16-8-7-9-17(23)14-16/h7-11,14-15H,4-6,12-13H2,1-3H3,(H,24,26). The number of halogens is 1. The van der Waals surface area contributed by atoms with Crippen molar-refractivity contribution < 1.29 is 17.9 Å². The third-order valence-corrected chi connectivity index (χ3v) is 7.77. The monoisotopic (exact) mass is 450 g/mol. The van der Waals surface area contributed by atoms with Gasteiger partial charge in [-0.05, 0) is 48.7 Å². The molecule has 2 aromatic rings. The van der Waals surface area contributed by atoms with E-state index in [1.807, 2.05) is 18.2 Å². The largest absolute Gasteiger partial charge is 0.495 e. The summed E-state index contributed by atoms with van der Waals surface area (Å²) < 4.78 is 31.7. The molecule has 0 unspecified atom stereocenters. The number of benzene rings is 2. The summed E-state index contributed by atoms with van der Waals surface area (Å²) in [6, 6.07) is 12.1. The van der Waals surface area contributed by atoms with Gasteiger partial charge in [0.15, 0.2) is 0 Å². The van der Waals surface area contributed by atoms with Crippen molar-refractivity contribution in [1.29, 1.82) is 0 Å². The van der Waals surface area contributed by atoms with Crippen LogP contribution in [0.3, 0.4) is 0 Å². The number of amides is 1. The average Bonchev–Trinajstić information content (AvgIpc) is 2.74. The van der Waals surface area contributed by atoms with Crippen molar-refractivity contribution in [3.63, 3.8) is 0 Å². The minimum absolute atomic E-state index is 0.00764. The Kier molecular flexibility index (Phi) is 6.75. The minimum Gasteiger partial charge on any atom is -0.495 e. The Hall–Kier alpha value is -2.09. The Labute approximate surface area is 183 Å². The molecule has 162 valence electrons. The third kappa shape index (κ3) is 4.33. The Balaban J connectivity index is 1.99. The topological polar surface area (TPSA) is 75.7 Å². The number of carbonyl (C=O) groups is 1. The molecule has 0 atom stereocenters. The Morgan fingerprint density at radius 2 is 1.80 bits per heavy atom. The van der Waals surface area contributed by atoms with Gasteiger partial charge >= 0.3 is 0 Å². The predicted molar refractivity (Wildman–Crippen MR) is 119 cm³/mol. The van der Waals surface area contributed by atoms with E-state index >= 15 is 0 Å². The second-order valence-electron chi connectivity index (χ2n) is 7.76. The summed E-state index contributed by atoms with van der Waals surface area (Å²) in [7, 11) is 0.588. The normalized spacial score (nSPS) is 16.3. The van der Waals surface area contributed by atoms with Crippen molar-refractivity contribution in [3.05, 3.63) is 53.1 Å². The molecule has 1 aliphatic rings. The van der Waals surface area contributed by atoms with Crippen LogP contribution in [0, 0.1) is 0 Å². The number of nitrogens with one attached hydrogen (secondary N) is 1. The highest BCUT2D eigenvalue weighted by atomic mass is 35.5. The van der Waals surface area contributed by atoms with Crippen molar-refractivity contribution >= 4 is 33.2 Å². The molecule has 0 radical (unpaired) electrons. The summed E-state index contributed by atoms with van der Waals surface area (Å²) in [4.78, 5) is 13.5. The number of hydrogen-bond donors (Lipinski definition) is 1. The molecular formula is C22H27ClN2O4S. The Morgan fingerprint density at radius 3 is 2.40 bits per heavy atom. The van der Waals surface area contributed by atoms with E-state index in [0.717, 1.165) is 42.0 Å². The lowest BCUT2D eigenvalue weighted by atomic mass is 9.68. The molecule has 2 aromatic carbocycles. The van der Waals surface area contributed by atoms with Gasteiger partial charge in [-0.1, -0.05) is 43.0 Å². The van der Waals surface area contributed by atoms with E-state index < -0.39 is 15.4 Å². The maximum Gasteiger partial charge on any atom is 0.246 e. The number of nitrogens with zero attached hydrogens (tertiary/aromatic N) is 1. The zero-order valence-electron chi connectivity index (χ0n) is 17.4. The first-order chi connectivity index (χ1) is 14.2. The number of ether oxygens (including phenoxy) is 1. The highest BCUT2D eigenvalue weighted by Gasteiger charge is 2.41.